The Balaban J connectivity index is 2.21. The fraction of sp³-hybridized carbons (Fsp3) is 0.625. The second kappa shape index (κ2) is 7.16. The molecule has 1 N–H and O–H groups in total. The highest BCUT2D eigenvalue weighted by Gasteiger charge is 2.25. The third-order valence-electron chi connectivity index (χ3n) is 3.62. The van der Waals surface area contributed by atoms with E-state index in [1.54, 1.807) is 0 Å². The molecule has 106 valence electrons. The van der Waals surface area contributed by atoms with Crippen molar-refractivity contribution in [3.63, 3.8) is 0 Å². The van der Waals surface area contributed by atoms with Gasteiger partial charge < -0.3 is 10.2 Å². The number of benzene rings is 1. The van der Waals surface area contributed by atoms with Gasteiger partial charge in [-0.05, 0) is 43.4 Å². The first kappa shape index (κ1) is 14.7. The Kier molecular flexibility index (Phi) is 5.53. The summed E-state index contributed by atoms with van der Waals surface area (Å²) >= 11 is 6.47. The van der Waals surface area contributed by atoms with Crippen molar-refractivity contribution in [2.45, 2.75) is 39.7 Å². The van der Waals surface area contributed by atoms with Crippen LogP contribution in [0.3, 0.4) is 0 Å². The highest BCUT2D eigenvalue weighted by Crippen LogP contribution is 2.35. The third-order valence-corrected chi connectivity index (χ3v) is 3.93. The first-order valence-electron chi connectivity index (χ1n) is 7.49. The van der Waals surface area contributed by atoms with Gasteiger partial charge in [0.2, 0.25) is 0 Å². The molecule has 2 rings (SSSR count). The predicted octanol–water partition coefficient (Wildman–Crippen LogP) is 4.08. The Morgan fingerprint density at radius 2 is 2.11 bits per heavy atom. The van der Waals surface area contributed by atoms with E-state index in [4.69, 9.17) is 11.6 Å². The molecule has 0 spiro atoms. The van der Waals surface area contributed by atoms with Gasteiger partial charge in [-0.3, -0.25) is 0 Å². The molecule has 1 aromatic carbocycles. The maximum absolute atomic E-state index is 6.47. The van der Waals surface area contributed by atoms with E-state index in [0.717, 1.165) is 37.1 Å². The zero-order valence-corrected chi connectivity index (χ0v) is 12.8. The monoisotopic (exact) mass is 280 g/mol. The molecule has 1 aliphatic carbocycles. The van der Waals surface area contributed by atoms with Crippen LogP contribution in [0, 0.1) is 5.92 Å². The molecule has 0 saturated heterocycles. The lowest BCUT2D eigenvalue weighted by atomic mass is 10.1. The van der Waals surface area contributed by atoms with Crippen LogP contribution in [0.4, 0.5) is 5.69 Å². The number of hydrogen-bond acceptors (Lipinski definition) is 2. The molecule has 0 atom stereocenters. The molecular weight excluding hydrogens is 256 g/mol. The number of anilines is 1. The predicted molar refractivity (Wildman–Crippen MR) is 84.1 cm³/mol. The molecule has 2 nitrogen and oxygen atoms in total. The summed E-state index contributed by atoms with van der Waals surface area (Å²) in [5.74, 6) is 0.884. The zero-order chi connectivity index (χ0) is 13.7. The minimum atomic E-state index is 0.884. The quantitative estimate of drug-likeness (QED) is 0.772. The molecular formula is C16H25ClN2. The zero-order valence-electron chi connectivity index (χ0n) is 12.1. The minimum Gasteiger partial charge on any atom is -0.370 e. The fourth-order valence-electron chi connectivity index (χ4n) is 2.49. The molecule has 0 bridgehead atoms. The Morgan fingerprint density at radius 3 is 2.74 bits per heavy atom. The van der Waals surface area contributed by atoms with Crippen LogP contribution in [-0.4, -0.2) is 19.6 Å². The summed E-state index contributed by atoms with van der Waals surface area (Å²) in [6, 6.07) is 6.26. The van der Waals surface area contributed by atoms with E-state index >= 15 is 0 Å². The average Bonchev–Trinajstić information content (AvgIpc) is 3.20. The van der Waals surface area contributed by atoms with Crippen LogP contribution in [0.5, 0.6) is 0 Å². The molecule has 0 radical (unpaired) electrons. The first-order chi connectivity index (χ1) is 9.26. The SMILES string of the molecule is CCCN(CC1CC1)c1c(Cl)cccc1CNCC. The van der Waals surface area contributed by atoms with Gasteiger partial charge in [0.25, 0.3) is 0 Å². The summed E-state index contributed by atoms with van der Waals surface area (Å²) in [5.41, 5.74) is 2.57. The molecule has 0 heterocycles. The van der Waals surface area contributed by atoms with Crippen molar-refractivity contribution in [3.8, 4) is 0 Å². The largest absolute Gasteiger partial charge is 0.370 e. The van der Waals surface area contributed by atoms with Gasteiger partial charge in [0.15, 0.2) is 0 Å². The lowest BCUT2D eigenvalue weighted by Crippen LogP contribution is -2.28. The third kappa shape index (κ3) is 4.12. The normalized spacial score (nSPS) is 14.7. The van der Waals surface area contributed by atoms with Crippen molar-refractivity contribution in [2.75, 3.05) is 24.5 Å². The van der Waals surface area contributed by atoms with Crippen LogP contribution in [-0.2, 0) is 6.54 Å². The number of nitrogens with zero attached hydrogens (tertiary/aromatic N) is 1. The van der Waals surface area contributed by atoms with E-state index in [1.165, 1.54) is 30.5 Å². The van der Waals surface area contributed by atoms with Crippen LogP contribution < -0.4 is 10.2 Å². The smallest absolute Gasteiger partial charge is 0.0642 e. The molecule has 1 aliphatic rings. The highest BCUT2D eigenvalue weighted by molar-refractivity contribution is 6.33. The van der Waals surface area contributed by atoms with Gasteiger partial charge in [0, 0.05) is 19.6 Å². The van der Waals surface area contributed by atoms with Gasteiger partial charge >= 0.3 is 0 Å². The van der Waals surface area contributed by atoms with Crippen molar-refractivity contribution in [1.29, 1.82) is 0 Å². The van der Waals surface area contributed by atoms with Gasteiger partial charge in [-0.15, -0.1) is 0 Å². The standard InChI is InChI=1S/C16H25ClN2/c1-3-10-19(12-13-8-9-13)16-14(11-18-4-2)6-5-7-15(16)17/h5-7,13,18H,3-4,8-12H2,1-2H3. The molecule has 1 saturated carbocycles. The summed E-state index contributed by atoms with van der Waals surface area (Å²) in [5, 5.41) is 4.31. The Bertz CT molecular complexity index is 402. The highest BCUT2D eigenvalue weighted by atomic mass is 35.5. The van der Waals surface area contributed by atoms with Crippen molar-refractivity contribution >= 4 is 17.3 Å². The maximum atomic E-state index is 6.47. The van der Waals surface area contributed by atoms with E-state index in [9.17, 15) is 0 Å². The molecule has 0 amide bonds. The topological polar surface area (TPSA) is 15.3 Å². The van der Waals surface area contributed by atoms with Crippen LogP contribution in [0.2, 0.25) is 5.02 Å². The molecule has 0 aromatic heterocycles. The number of halogens is 1. The van der Waals surface area contributed by atoms with Crippen molar-refractivity contribution < 1.29 is 0 Å². The number of hydrogen-bond donors (Lipinski definition) is 1. The van der Waals surface area contributed by atoms with Crippen LogP contribution in [0.1, 0.15) is 38.7 Å². The van der Waals surface area contributed by atoms with Gasteiger partial charge in [-0.1, -0.05) is 37.6 Å². The van der Waals surface area contributed by atoms with Crippen molar-refractivity contribution in [2.24, 2.45) is 5.92 Å². The van der Waals surface area contributed by atoms with Gasteiger partial charge in [-0.25, -0.2) is 0 Å². The molecule has 1 fully saturated rings. The molecule has 3 heteroatoms. The Labute approximate surface area is 122 Å². The van der Waals surface area contributed by atoms with E-state index in [1.807, 2.05) is 6.07 Å². The summed E-state index contributed by atoms with van der Waals surface area (Å²) in [6.07, 6.45) is 3.93. The van der Waals surface area contributed by atoms with Crippen molar-refractivity contribution in [3.05, 3.63) is 28.8 Å². The summed E-state index contributed by atoms with van der Waals surface area (Å²) in [4.78, 5) is 2.49. The van der Waals surface area contributed by atoms with E-state index in [0.29, 0.717) is 0 Å². The summed E-state index contributed by atoms with van der Waals surface area (Å²) in [7, 11) is 0. The second-order valence-corrected chi connectivity index (χ2v) is 5.82. The fourth-order valence-corrected chi connectivity index (χ4v) is 2.81. The number of para-hydroxylation sites is 1. The maximum Gasteiger partial charge on any atom is 0.0642 e. The van der Waals surface area contributed by atoms with Crippen LogP contribution >= 0.6 is 11.6 Å². The molecule has 0 unspecified atom stereocenters. The van der Waals surface area contributed by atoms with E-state index in [2.05, 4.69) is 36.2 Å². The van der Waals surface area contributed by atoms with Crippen molar-refractivity contribution in [1.82, 2.24) is 5.32 Å². The van der Waals surface area contributed by atoms with Crippen LogP contribution in [0.25, 0.3) is 0 Å². The summed E-state index contributed by atoms with van der Waals surface area (Å²) < 4.78 is 0. The summed E-state index contributed by atoms with van der Waals surface area (Å²) in [6.45, 7) is 8.52. The van der Waals surface area contributed by atoms with E-state index in [-0.39, 0.29) is 0 Å². The molecule has 1 aromatic rings. The number of rotatable bonds is 8. The molecule has 19 heavy (non-hydrogen) atoms. The van der Waals surface area contributed by atoms with Crippen LogP contribution in [0.15, 0.2) is 18.2 Å². The van der Waals surface area contributed by atoms with Gasteiger partial charge in [0.05, 0.1) is 10.7 Å². The Hall–Kier alpha value is -0.730. The van der Waals surface area contributed by atoms with E-state index < -0.39 is 0 Å². The Morgan fingerprint density at radius 1 is 1.32 bits per heavy atom. The van der Waals surface area contributed by atoms with Gasteiger partial charge in [-0.2, -0.15) is 0 Å². The lowest BCUT2D eigenvalue weighted by molar-refractivity contribution is 0.689. The first-order valence-corrected chi connectivity index (χ1v) is 7.87. The lowest BCUT2D eigenvalue weighted by Gasteiger charge is -2.28. The average molecular weight is 281 g/mol. The second-order valence-electron chi connectivity index (χ2n) is 5.42. The minimum absolute atomic E-state index is 0.884. The molecule has 0 aliphatic heterocycles. The van der Waals surface area contributed by atoms with Gasteiger partial charge in [0.1, 0.15) is 0 Å². The number of nitrogens with one attached hydrogen (secondary N) is 1.